The summed E-state index contributed by atoms with van der Waals surface area (Å²) in [6, 6.07) is 18.7. The number of benzene rings is 2. The number of anilines is 2. The third-order valence-corrected chi connectivity index (χ3v) is 4.87. The van der Waals surface area contributed by atoms with E-state index in [2.05, 4.69) is 15.6 Å². The van der Waals surface area contributed by atoms with Crippen molar-refractivity contribution in [1.29, 1.82) is 0 Å². The van der Waals surface area contributed by atoms with Crippen LogP contribution < -0.4 is 10.6 Å². The van der Waals surface area contributed by atoms with Gasteiger partial charge in [-0.25, -0.2) is 4.98 Å². The Bertz CT molecular complexity index is 1270. The van der Waals surface area contributed by atoms with E-state index in [1.54, 1.807) is 22.7 Å². The number of carbonyl (C=O) groups excluding carboxylic acids is 2. The highest BCUT2D eigenvalue weighted by Gasteiger charge is 2.22. The molecule has 2 heterocycles. The molecule has 2 aromatic carbocycles. The normalized spacial score (nSPS) is 10.8. The van der Waals surface area contributed by atoms with Gasteiger partial charge in [-0.15, -0.1) is 0 Å². The highest BCUT2D eigenvalue weighted by molar-refractivity contribution is 6.10. The first kappa shape index (κ1) is 19.4. The second-order valence-corrected chi connectivity index (χ2v) is 7.34. The van der Waals surface area contributed by atoms with Crippen LogP contribution in [0.15, 0.2) is 66.9 Å². The zero-order chi connectivity index (χ0) is 21.3. The van der Waals surface area contributed by atoms with Gasteiger partial charge in [0.15, 0.2) is 5.69 Å². The minimum Gasteiger partial charge on any atom is -0.321 e. The Morgan fingerprint density at radius 2 is 1.63 bits per heavy atom. The minimum atomic E-state index is -0.377. The Morgan fingerprint density at radius 1 is 0.833 bits per heavy atom. The third kappa shape index (κ3) is 3.80. The average molecular weight is 398 g/mol. The predicted octanol–water partition coefficient (Wildman–Crippen LogP) is 4.76. The van der Waals surface area contributed by atoms with E-state index in [4.69, 9.17) is 0 Å². The van der Waals surface area contributed by atoms with E-state index in [0.717, 1.165) is 16.7 Å². The molecule has 4 rings (SSSR count). The number of hydrogen-bond acceptors (Lipinski definition) is 3. The van der Waals surface area contributed by atoms with Crippen molar-refractivity contribution in [3.8, 4) is 0 Å². The summed E-state index contributed by atoms with van der Waals surface area (Å²) in [4.78, 5) is 30.3. The van der Waals surface area contributed by atoms with Crippen molar-refractivity contribution in [1.82, 2.24) is 9.38 Å². The van der Waals surface area contributed by atoms with Gasteiger partial charge in [-0.1, -0.05) is 35.9 Å². The van der Waals surface area contributed by atoms with Crippen molar-refractivity contribution in [3.05, 3.63) is 95.1 Å². The Labute approximate surface area is 174 Å². The fourth-order valence-electron chi connectivity index (χ4n) is 3.41. The fourth-order valence-corrected chi connectivity index (χ4v) is 3.41. The van der Waals surface area contributed by atoms with Gasteiger partial charge in [0.05, 0.1) is 5.52 Å². The highest BCUT2D eigenvalue weighted by atomic mass is 16.2. The molecule has 0 aliphatic rings. The molecule has 0 unspecified atom stereocenters. The van der Waals surface area contributed by atoms with Crippen molar-refractivity contribution >= 4 is 28.7 Å². The summed E-state index contributed by atoms with van der Waals surface area (Å²) in [7, 11) is 0. The number of aryl methyl sites for hydroxylation is 3. The van der Waals surface area contributed by atoms with Crippen LogP contribution in [0.25, 0.3) is 5.52 Å². The number of aromatic nitrogens is 2. The van der Waals surface area contributed by atoms with E-state index in [1.165, 1.54) is 0 Å². The van der Waals surface area contributed by atoms with Crippen LogP contribution in [0.4, 0.5) is 11.4 Å². The van der Waals surface area contributed by atoms with Gasteiger partial charge in [0.25, 0.3) is 11.8 Å². The lowest BCUT2D eigenvalue weighted by atomic mass is 10.1. The zero-order valence-corrected chi connectivity index (χ0v) is 17.1. The molecule has 0 spiro atoms. The fraction of sp³-hybridized carbons (Fsp3) is 0.125. The highest BCUT2D eigenvalue weighted by Crippen LogP contribution is 2.20. The number of nitrogens with one attached hydrogen (secondary N) is 2. The van der Waals surface area contributed by atoms with Crippen LogP contribution in [0.5, 0.6) is 0 Å². The zero-order valence-electron chi connectivity index (χ0n) is 17.1. The first-order valence-electron chi connectivity index (χ1n) is 9.66. The van der Waals surface area contributed by atoms with Gasteiger partial charge in [-0.05, 0) is 62.2 Å². The summed E-state index contributed by atoms with van der Waals surface area (Å²) in [5.41, 5.74) is 5.27. The van der Waals surface area contributed by atoms with Gasteiger partial charge >= 0.3 is 0 Å². The second-order valence-electron chi connectivity index (χ2n) is 7.34. The van der Waals surface area contributed by atoms with Gasteiger partial charge in [-0.2, -0.15) is 0 Å². The van der Waals surface area contributed by atoms with E-state index in [1.807, 2.05) is 69.3 Å². The SMILES string of the molecule is Cc1cccc(NC(=O)c2nc(C(=O)Nc3ccc(C)cc3C)n3ccccc23)c1. The molecule has 4 aromatic rings. The summed E-state index contributed by atoms with van der Waals surface area (Å²) in [5.74, 6) is -0.590. The molecule has 2 N–H and O–H groups in total. The minimum absolute atomic E-state index is 0.153. The maximum atomic E-state index is 13.0. The molecular formula is C24H22N4O2. The molecule has 0 radical (unpaired) electrons. The number of nitrogens with zero attached hydrogens (tertiary/aromatic N) is 2. The van der Waals surface area contributed by atoms with E-state index >= 15 is 0 Å². The molecule has 0 bridgehead atoms. The van der Waals surface area contributed by atoms with Gasteiger partial charge in [0.1, 0.15) is 0 Å². The van der Waals surface area contributed by atoms with Gasteiger partial charge in [0.2, 0.25) is 5.82 Å². The van der Waals surface area contributed by atoms with Crippen molar-refractivity contribution in [2.45, 2.75) is 20.8 Å². The summed E-state index contributed by atoms with van der Waals surface area (Å²) in [6.07, 6.45) is 1.72. The molecule has 0 fully saturated rings. The van der Waals surface area contributed by atoms with Crippen LogP contribution >= 0.6 is 0 Å². The van der Waals surface area contributed by atoms with Crippen LogP contribution in [-0.2, 0) is 0 Å². The molecule has 0 aliphatic heterocycles. The van der Waals surface area contributed by atoms with E-state index in [0.29, 0.717) is 16.9 Å². The van der Waals surface area contributed by atoms with Crippen molar-refractivity contribution < 1.29 is 9.59 Å². The number of rotatable bonds is 4. The molecule has 2 aromatic heterocycles. The Kier molecular flexibility index (Phi) is 5.06. The van der Waals surface area contributed by atoms with Crippen molar-refractivity contribution in [2.24, 2.45) is 0 Å². The number of carbonyl (C=O) groups is 2. The number of fused-ring (bicyclic) bond motifs is 1. The topological polar surface area (TPSA) is 75.5 Å². The Hall–Kier alpha value is -3.93. The van der Waals surface area contributed by atoms with Crippen LogP contribution in [0.1, 0.15) is 37.8 Å². The van der Waals surface area contributed by atoms with E-state index in [9.17, 15) is 9.59 Å². The quantitative estimate of drug-likeness (QED) is 0.520. The van der Waals surface area contributed by atoms with Crippen LogP contribution in [0.2, 0.25) is 0 Å². The Balaban J connectivity index is 1.68. The first-order chi connectivity index (χ1) is 14.4. The summed E-state index contributed by atoms with van der Waals surface area (Å²) < 4.78 is 1.63. The molecule has 0 saturated carbocycles. The first-order valence-corrected chi connectivity index (χ1v) is 9.66. The predicted molar refractivity (Wildman–Crippen MR) is 118 cm³/mol. The lowest BCUT2D eigenvalue weighted by Gasteiger charge is -2.08. The number of hydrogen-bond donors (Lipinski definition) is 2. The van der Waals surface area contributed by atoms with Gasteiger partial charge in [0, 0.05) is 17.6 Å². The maximum absolute atomic E-state index is 13.0. The van der Waals surface area contributed by atoms with Crippen molar-refractivity contribution in [3.63, 3.8) is 0 Å². The Morgan fingerprint density at radius 3 is 2.40 bits per heavy atom. The van der Waals surface area contributed by atoms with Crippen LogP contribution in [-0.4, -0.2) is 21.2 Å². The van der Waals surface area contributed by atoms with Crippen molar-refractivity contribution in [2.75, 3.05) is 10.6 Å². The molecular weight excluding hydrogens is 376 g/mol. The number of amides is 2. The summed E-state index contributed by atoms with van der Waals surface area (Å²) in [5, 5.41) is 5.76. The lowest BCUT2D eigenvalue weighted by molar-refractivity contribution is 0.101. The van der Waals surface area contributed by atoms with Crippen LogP contribution in [0, 0.1) is 20.8 Å². The molecule has 2 amide bonds. The number of pyridine rings is 1. The van der Waals surface area contributed by atoms with Crippen LogP contribution in [0.3, 0.4) is 0 Å². The number of imidazole rings is 1. The smallest absolute Gasteiger partial charge is 0.292 e. The van der Waals surface area contributed by atoms with E-state index < -0.39 is 0 Å². The molecule has 6 nitrogen and oxygen atoms in total. The molecule has 0 atom stereocenters. The standard InChI is InChI=1S/C24H22N4O2/c1-15-7-6-8-18(14-15)25-23(29)21-20-9-4-5-12-28(20)22(27-21)24(30)26-19-11-10-16(2)13-17(19)3/h4-14H,1-3H3,(H,25,29)(H,26,30). The van der Waals surface area contributed by atoms with E-state index in [-0.39, 0.29) is 23.3 Å². The monoisotopic (exact) mass is 398 g/mol. The molecule has 150 valence electrons. The molecule has 6 heteroatoms. The average Bonchev–Trinajstić information content (AvgIpc) is 3.10. The maximum Gasteiger partial charge on any atom is 0.292 e. The van der Waals surface area contributed by atoms with Gasteiger partial charge in [-0.3, -0.25) is 14.0 Å². The molecule has 0 saturated heterocycles. The molecule has 0 aliphatic carbocycles. The lowest BCUT2D eigenvalue weighted by Crippen LogP contribution is -2.17. The summed E-state index contributed by atoms with van der Waals surface area (Å²) >= 11 is 0. The summed E-state index contributed by atoms with van der Waals surface area (Å²) in [6.45, 7) is 5.89. The largest absolute Gasteiger partial charge is 0.321 e. The third-order valence-electron chi connectivity index (χ3n) is 4.87. The van der Waals surface area contributed by atoms with Gasteiger partial charge < -0.3 is 10.6 Å². The molecule has 30 heavy (non-hydrogen) atoms. The second kappa shape index (κ2) is 7.83.